The average molecular weight is 304 g/mol. The molecule has 0 unspecified atom stereocenters. The lowest BCUT2D eigenvalue weighted by Gasteiger charge is -2.22. The van der Waals surface area contributed by atoms with Crippen molar-refractivity contribution in [1.82, 2.24) is 9.97 Å². The smallest absolute Gasteiger partial charge is 0.163 e. The number of rotatable bonds is 4. The maximum absolute atomic E-state index is 6.11. The molecule has 21 heavy (non-hydrogen) atoms. The molecule has 1 aromatic carbocycles. The fourth-order valence-corrected chi connectivity index (χ4v) is 2.61. The Morgan fingerprint density at radius 1 is 1.14 bits per heavy atom. The van der Waals surface area contributed by atoms with E-state index in [2.05, 4.69) is 15.3 Å². The number of hydrogen-bond donors (Lipinski definition) is 1. The summed E-state index contributed by atoms with van der Waals surface area (Å²) in [5.41, 5.74) is 0.967. The lowest BCUT2D eigenvalue weighted by molar-refractivity contribution is 0.0699. The third-order valence-corrected chi connectivity index (χ3v) is 3.83. The van der Waals surface area contributed by atoms with Gasteiger partial charge in [0.05, 0.1) is 0 Å². The van der Waals surface area contributed by atoms with E-state index in [1.54, 1.807) is 6.07 Å². The van der Waals surface area contributed by atoms with E-state index in [9.17, 15) is 0 Å². The average Bonchev–Trinajstić information content (AvgIpc) is 2.54. The SMILES string of the molecule is Clc1cc(NCC2CCOCC2)nc(-c2ccccc2)n1. The number of aromatic nitrogens is 2. The molecule has 0 aliphatic carbocycles. The Morgan fingerprint density at radius 2 is 1.90 bits per heavy atom. The maximum Gasteiger partial charge on any atom is 0.163 e. The van der Waals surface area contributed by atoms with Crippen LogP contribution in [0.2, 0.25) is 5.15 Å². The van der Waals surface area contributed by atoms with Gasteiger partial charge in [-0.05, 0) is 18.8 Å². The fourth-order valence-electron chi connectivity index (χ4n) is 2.42. The van der Waals surface area contributed by atoms with Crippen molar-refractivity contribution in [2.45, 2.75) is 12.8 Å². The van der Waals surface area contributed by atoms with Gasteiger partial charge in [-0.3, -0.25) is 0 Å². The summed E-state index contributed by atoms with van der Waals surface area (Å²) in [6, 6.07) is 11.6. The molecule has 1 aliphatic heterocycles. The van der Waals surface area contributed by atoms with E-state index in [0.29, 0.717) is 16.9 Å². The number of ether oxygens (including phenoxy) is 1. The van der Waals surface area contributed by atoms with E-state index < -0.39 is 0 Å². The molecule has 2 heterocycles. The number of hydrogen-bond acceptors (Lipinski definition) is 4. The highest BCUT2D eigenvalue weighted by Crippen LogP contribution is 2.21. The van der Waals surface area contributed by atoms with Gasteiger partial charge in [0.25, 0.3) is 0 Å². The second-order valence-electron chi connectivity index (χ2n) is 5.20. The van der Waals surface area contributed by atoms with Crippen LogP contribution in [0.15, 0.2) is 36.4 Å². The van der Waals surface area contributed by atoms with Crippen molar-refractivity contribution in [1.29, 1.82) is 0 Å². The second kappa shape index (κ2) is 6.87. The van der Waals surface area contributed by atoms with Crippen LogP contribution < -0.4 is 5.32 Å². The molecular formula is C16H18ClN3O. The molecule has 1 fully saturated rings. The van der Waals surface area contributed by atoms with Gasteiger partial charge in [0, 0.05) is 31.4 Å². The quantitative estimate of drug-likeness (QED) is 0.876. The Balaban J connectivity index is 1.72. The number of benzene rings is 1. The van der Waals surface area contributed by atoms with E-state index in [0.717, 1.165) is 44.0 Å². The summed E-state index contributed by atoms with van der Waals surface area (Å²) in [5.74, 6) is 2.06. The molecule has 5 heteroatoms. The van der Waals surface area contributed by atoms with Crippen LogP contribution in [-0.2, 0) is 4.74 Å². The van der Waals surface area contributed by atoms with Crippen molar-refractivity contribution in [2.24, 2.45) is 5.92 Å². The van der Waals surface area contributed by atoms with Crippen LogP contribution in [0.1, 0.15) is 12.8 Å². The second-order valence-corrected chi connectivity index (χ2v) is 5.59. The summed E-state index contributed by atoms with van der Waals surface area (Å²) in [4.78, 5) is 8.84. The van der Waals surface area contributed by atoms with Crippen LogP contribution in [0.25, 0.3) is 11.4 Å². The molecule has 3 rings (SSSR count). The fraction of sp³-hybridized carbons (Fsp3) is 0.375. The predicted octanol–water partition coefficient (Wildman–Crippen LogP) is 3.64. The molecule has 2 aromatic rings. The molecule has 0 atom stereocenters. The molecule has 110 valence electrons. The van der Waals surface area contributed by atoms with Crippen molar-refractivity contribution in [3.05, 3.63) is 41.6 Å². The van der Waals surface area contributed by atoms with Gasteiger partial charge in [0.15, 0.2) is 5.82 Å². The van der Waals surface area contributed by atoms with E-state index >= 15 is 0 Å². The van der Waals surface area contributed by atoms with Gasteiger partial charge >= 0.3 is 0 Å². The summed E-state index contributed by atoms with van der Waals surface area (Å²) >= 11 is 6.11. The molecular weight excluding hydrogens is 286 g/mol. The highest BCUT2D eigenvalue weighted by atomic mass is 35.5. The van der Waals surface area contributed by atoms with Gasteiger partial charge in [0.1, 0.15) is 11.0 Å². The Kier molecular flexibility index (Phi) is 4.68. The molecule has 0 amide bonds. The number of nitrogens with zero attached hydrogens (tertiary/aromatic N) is 2. The number of halogens is 1. The van der Waals surface area contributed by atoms with E-state index in [-0.39, 0.29) is 0 Å². The topological polar surface area (TPSA) is 47.0 Å². The minimum Gasteiger partial charge on any atom is -0.381 e. The first-order valence-electron chi connectivity index (χ1n) is 7.23. The molecule has 0 spiro atoms. The molecule has 0 radical (unpaired) electrons. The van der Waals surface area contributed by atoms with Gasteiger partial charge in [-0.25, -0.2) is 9.97 Å². The minimum absolute atomic E-state index is 0.457. The van der Waals surface area contributed by atoms with Gasteiger partial charge in [-0.2, -0.15) is 0 Å². The van der Waals surface area contributed by atoms with Crippen molar-refractivity contribution in [3.63, 3.8) is 0 Å². The largest absolute Gasteiger partial charge is 0.381 e. The van der Waals surface area contributed by atoms with Crippen LogP contribution >= 0.6 is 11.6 Å². The molecule has 0 saturated carbocycles. The minimum atomic E-state index is 0.457. The van der Waals surface area contributed by atoms with Crippen LogP contribution in [-0.4, -0.2) is 29.7 Å². The molecule has 1 aromatic heterocycles. The van der Waals surface area contributed by atoms with Gasteiger partial charge in [-0.15, -0.1) is 0 Å². The van der Waals surface area contributed by atoms with Crippen molar-refractivity contribution < 1.29 is 4.74 Å². The summed E-state index contributed by atoms with van der Waals surface area (Å²) in [6.07, 6.45) is 2.19. The van der Waals surface area contributed by atoms with Gasteiger partial charge in [-0.1, -0.05) is 41.9 Å². The summed E-state index contributed by atoms with van der Waals surface area (Å²) < 4.78 is 5.37. The first kappa shape index (κ1) is 14.3. The normalized spacial score (nSPS) is 15.9. The Morgan fingerprint density at radius 3 is 2.67 bits per heavy atom. The Labute approximate surface area is 129 Å². The number of nitrogens with one attached hydrogen (secondary N) is 1. The first-order chi connectivity index (χ1) is 10.3. The number of anilines is 1. The molecule has 1 saturated heterocycles. The standard InChI is InChI=1S/C16H18ClN3O/c17-14-10-15(18-11-12-6-8-21-9-7-12)20-16(19-14)13-4-2-1-3-5-13/h1-5,10,12H,6-9,11H2,(H,18,19,20). The summed E-state index contributed by atoms with van der Waals surface area (Å²) in [7, 11) is 0. The maximum atomic E-state index is 6.11. The van der Waals surface area contributed by atoms with Crippen molar-refractivity contribution >= 4 is 17.4 Å². The Bertz CT molecular complexity index is 585. The lowest BCUT2D eigenvalue weighted by Crippen LogP contribution is -2.23. The molecule has 1 aliphatic rings. The Hall–Kier alpha value is -1.65. The van der Waals surface area contributed by atoms with Crippen LogP contribution in [0.5, 0.6) is 0 Å². The predicted molar refractivity (Wildman–Crippen MR) is 84.5 cm³/mol. The lowest BCUT2D eigenvalue weighted by atomic mass is 10.0. The van der Waals surface area contributed by atoms with Gasteiger partial charge in [0.2, 0.25) is 0 Å². The first-order valence-corrected chi connectivity index (χ1v) is 7.61. The van der Waals surface area contributed by atoms with Crippen molar-refractivity contribution in [2.75, 3.05) is 25.1 Å². The summed E-state index contributed by atoms with van der Waals surface area (Å²) in [5, 5.41) is 3.83. The molecule has 1 N–H and O–H groups in total. The highest BCUT2D eigenvalue weighted by Gasteiger charge is 2.14. The zero-order chi connectivity index (χ0) is 14.5. The van der Waals surface area contributed by atoms with Crippen LogP contribution in [0.3, 0.4) is 0 Å². The van der Waals surface area contributed by atoms with Crippen LogP contribution in [0.4, 0.5) is 5.82 Å². The monoisotopic (exact) mass is 303 g/mol. The molecule has 4 nitrogen and oxygen atoms in total. The third kappa shape index (κ3) is 3.93. The van der Waals surface area contributed by atoms with Crippen LogP contribution in [0, 0.1) is 5.92 Å². The zero-order valence-corrected chi connectivity index (χ0v) is 12.5. The zero-order valence-electron chi connectivity index (χ0n) is 11.8. The molecule has 0 bridgehead atoms. The van der Waals surface area contributed by atoms with E-state index in [1.165, 1.54) is 0 Å². The van der Waals surface area contributed by atoms with Gasteiger partial charge < -0.3 is 10.1 Å². The van der Waals surface area contributed by atoms with Crippen molar-refractivity contribution in [3.8, 4) is 11.4 Å². The van der Waals surface area contributed by atoms with E-state index in [1.807, 2.05) is 30.3 Å². The van der Waals surface area contributed by atoms with E-state index in [4.69, 9.17) is 16.3 Å². The highest BCUT2D eigenvalue weighted by molar-refractivity contribution is 6.29. The summed E-state index contributed by atoms with van der Waals surface area (Å²) in [6.45, 7) is 2.60. The third-order valence-electron chi connectivity index (χ3n) is 3.64.